The average Bonchev–Trinajstić information content (AvgIpc) is 1.89. The summed E-state index contributed by atoms with van der Waals surface area (Å²) < 4.78 is 0. The molecule has 0 bridgehead atoms. The molecule has 56 valence electrons. The number of nitrogens with one attached hydrogen (secondary N) is 1. The van der Waals surface area contributed by atoms with Crippen molar-refractivity contribution in [2.75, 3.05) is 0 Å². The number of nitrogens with zero attached hydrogens (tertiary/aromatic N) is 1. The number of rotatable bonds is 3. The van der Waals surface area contributed by atoms with Crippen molar-refractivity contribution in [3.8, 4) is 0 Å². The molecule has 0 aliphatic rings. The van der Waals surface area contributed by atoms with Crippen LogP contribution in [0.15, 0.2) is 16.6 Å². The summed E-state index contributed by atoms with van der Waals surface area (Å²) in [5.41, 5.74) is 1.17. The van der Waals surface area contributed by atoms with Crippen molar-refractivity contribution >= 4 is 12.6 Å². The Bertz CT molecular complexity index is 155. The van der Waals surface area contributed by atoms with Crippen LogP contribution in [0.3, 0.4) is 0 Å². The summed E-state index contributed by atoms with van der Waals surface area (Å²) >= 11 is 0. The van der Waals surface area contributed by atoms with Crippen LogP contribution in [0, 0.1) is 11.3 Å². The molecule has 0 aliphatic carbocycles. The molecule has 2 nitrogen and oxygen atoms in total. The van der Waals surface area contributed by atoms with Gasteiger partial charge in [-0.15, -0.1) is 0 Å². The van der Waals surface area contributed by atoms with Gasteiger partial charge in [-0.2, -0.15) is 0 Å². The maximum absolute atomic E-state index is 6.66. The summed E-state index contributed by atoms with van der Waals surface area (Å²) in [5, 5.41) is 6.66. The van der Waals surface area contributed by atoms with Crippen LogP contribution in [-0.4, -0.2) is 12.6 Å². The lowest BCUT2D eigenvalue weighted by Crippen LogP contribution is -1.94. The lowest BCUT2D eigenvalue weighted by atomic mass is 10.1. The largest absolute Gasteiger partial charge is 0.290 e. The highest BCUT2D eigenvalue weighted by atomic mass is 14.7. The predicted molar refractivity (Wildman–Crippen MR) is 45.9 cm³/mol. The van der Waals surface area contributed by atoms with E-state index in [-0.39, 0.29) is 0 Å². The molecule has 0 atom stereocenters. The molecule has 0 rings (SSSR count). The molecule has 0 spiro atoms. The Labute approximate surface area is 62.2 Å². The summed E-state index contributed by atoms with van der Waals surface area (Å²) in [6, 6.07) is 0. The fraction of sp³-hybridized carbons (Fsp3) is 0.500. The molecule has 0 aromatic rings. The second-order valence-corrected chi connectivity index (χ2v) is 2.35. The van der Waals surface area contributed by atoms with Crippen molar-refractivity contribution in [2.45, 2.75) is 20.8 Å². The van der Waals surface area contributed by atoms with E-state index >= 15 is 0 Å². The van der Waals surface area contributed by atoms with Crippen LogP contribution in [0.4, 0.5) is 0 Å². The van der Waals surface area contributed by atoms with Crippen LogP contribution in [0.1, 0.15) is 20.8 Å². The van der Waals surface area contributed by atoms with E-state index in [2.05, 4.69) is 18.8 Å². The maximum Gasteiger partial charge on any atom is 0.106 e. The van der Waals surface area contributed by atoms with Gasteiger partial charge >= 0.3 is 0 Å². The van der Waals surface area contributed by atoms with Crippen molar-refractivity contribution in [3.05, 3.63) is 11.6 Å². The zero-order valence-electron chi connectivity index (χ0n) is 6.76. The first kappa shape index (κ1) is 9.08. The van der Waals surface area contributed by atoms with E-state index in [9.17, 15) is 0 Å². The molecule has 0 heterocycles. The van der Waals surface area contributed by atoms with Gasteiger partial charge in [-0.25, -0.2) is 4.99 Å². The van der Waals surface area contributed by atoms with Crippen LogP contribution in [0.25, 0.3) is 0 Å². The van der Waals surface area contributed by atoms with Crippen molar-refractivity contribution in [1.82, 2.24) is 0 Å². The van der Waals surface area contributed by atoms with Crippen LogP contribution in [-0.2, 0) is 0 Å². The smallest absolute Gasteiger partial charge is 0.106 e. The number of hydrogen-bond donors (Lipinski definition) is 1. The molecule has 0 radical (unpaired) electrons. The molecule has 1 N–H and O–H groups in total. The Morgan fingerprint density at radius 2 is 2.10 bits per heavy atom. The van der Waals surface area contributed by atoms with E-state index < -0.39 is 0 Å². The van der Waals surface area contributed by atoms with Gasteiger partial charge in [0.1, 0.15) is 6.34 Å². The first-order valence-electron chi connectivity index (χ1n) is 3.40. The number of hydrogen-bond acceptors (Lipinski definition) is 1. The Balaban J connectivity index is 4.10. The quantitative estimate of drug-likeness (QED) is 0.459. The van der Waals surface area contributed by atoms with Crippen molar-refractivity contribution in [3.63, 3.8) is 0 Å². The maximum atomic E-state index is 6.66. The lowest BCUT2D eigenvalue weighted by molar-refractivity contribution is 0.805. The van der Waals surface area contributed by atoms with Crippen molar-refractivity contribution < 1.29 is 0 Å². The minimum Gasteiger partial charge on any atom is -0.290 e. The Morgan fingerprint density at radius 1 is 1.50 bits per heavy atom. The number of aliphatic imine (C=N–C) groups is 1. The van der Waals surface area contributed by atoms with Crippen LogP contribution >= 0.6 is 0 Å². The fourth-order valence-electron chi connectivity index (χ4n) is 0.680. The van der Waals surface area contributed by atoms with Crippen LogP contribution < -0.4 is 0 Å². The Kier molecular flexibility index (Phi) is 4.46. The molecule has 2 heteroatoms. The van der Waals surface area contributed by atoms with Gasteiger partial charge in [-0.3, -0.25) is 5.41 Å². The van der Waals surface area contributed by atoms with Crippen LogP contribution in [0.5, 0.6) is 0 Å². The molecule has 0 aromatic carbocycles. The van der Waals surface area contributed by atoms with Gasteiger partial charge in [0.05, 0.1) is 0 Å². The van der Waals surface area contributed by atoms with E-state index in [1.54, 1.807) is 6.21 Å². The topological polar surface area (TPSA) is 36.2 Å². The standard InChI is InChI=1S/C8H14N2/c1-4-8(7(2)3)5-10-6-9/h4-7,9H,1-3H3/b8-4+,9-6?,10-5?. The highest BCUT2D eigenvalue weighted by Crippen LogP contribution is 2.05. The molecular formula is C8H14N2. The van der Waals surface area contributed by atoms with Crippen LogP contribution in [0.2, 0.25) is 0 Å². The Morgan fingerprint density at radius 3 is 2.40 bits per heavy atom. The molecule has 0 unspecified atom stereocenters. The molecule has 0 saturated carbocycles. The minimum atomic E-state index is 0.494. The number of allylic oxidation sites excluding steroid dienone is 2. The summed E-state index contributed by atoms with van der Waals surface area (Å²) in [6.45, 7) is 6.18. The fourth-order valence-corrected chi connectivity index (χ4v) is 0.680. The molecule has 0 fully saturated rings. The van der Waals surface area contributed by atoms with E-state index in [4.69, 9.17) is 5.41 Å². The van der Waals surface area contributed by atoms with E-state index in [1.165, 1.54) is 5.57 Å². The molecule has 0 saturated heterocycles. The highest BCUT2D eigenvalue weighted by molar-refractivity contribution is 5.84. The summed E-state index contributed by atoms with van der Waals surface area (Å²) in [7, 11) is 0. The van der Waals surface area contributed by atoms with E-state index in [0.29, 0.717) is 5.92 Å². The average molecular weight is 138 g/mol. The molecule has 10 heavy (non-hydrogen) atoms. The third-order valence-corrected chi connectivity index (χ3v) is 1.30. The third kappa shape index (κ3) is 3.17. The first-order chi connectivity index (χ1) is 4.72. The predicted octanol–water partition coefficient (Wildman–Crippen LogP) is 2.27. The van der Waals surface area contributed by atoms with Gasteiger partial charge in [-0.1, -0.05) is 19.9 Å². The highest BCUT2D eigenvalue weighted by Gasteiger charge is 1.95. The SMILES string of the molecule is C/C=C(\C=NC=N)C(C)C. The van der Waals surface area contributed by atoms with Gasteiger partial charge in [-0.05, 0) is 18.4 Å². The molecule has 0 aromatic heterocycles. The van der Waals surface area contributed by atoms with Crippen molar-refractivity contribution in [2.24, 2.45) is 10.9 Å². The second-order valence-electron chi connectivity index (χ2n) is 2.35. The van der Waals surface area contributed by atoms with Gasteiger partial charge in [0, 0.05) is 6.21 Å². The lowest BCUT2D eigenvalue weighted by Gasteiger charge is -2.02. The normalized spacial score (nSPS) is 13.0. The van der Waals surface area contributed by atoms with Gasteiger partial charge in [0.15, 0.2) is 0 Å². The van der Waals surface area contributed by atoms with E-state index in [0.717, 1.165) is 6.34 Å². The Hall–Kier alpha value is -0.920. The zero-order chi connectivity index (χ0) is 7.98. The van der Waals surface area contributed by atoms with E-state index in [1.807, 2.05) is 13.0 Å². The first-order valence-corrected chi connectivity index (χ1v) is 3.40. The summed E-state index contributed by atoms with van der Waals surface area (Å²) in [4.78, 5) is 3.71. The van der Waals surface area contributed by atoms with Gasteiger partial charge in [0.25, 0.3) is 0 Å². The second kappa shape index (κ2) is 4.91. The van der Waals surface area contributed by atoms with Gasteiger partial charge < -0.3 is 0 Å². The minimum absolute atomic E-state index is 0.494. The molecule has 0 amide bonds. The third-order valence-electron chi connectivity index (χ3n) is 1.30. The summed E-state index contributed by atoms with van der Waals surface area (Å²) in [5.74, 6) is 0.494. The molecular weight excluding hydrogens is 124 g/mol. The van der Waals surface area contributed by atoms with Gasteiger partial charge in [0.2, 0.25) is 0 Å². The monoisotopic (exact) mass is 138 g/mol. The molecule has 0 aliphatic heterocycles. The zero-order valence-corrected chi connectivity index (χ0v) is 6.76. The summed E-state index contributed by atoms with van der Waals surface area (Å²) in [6.07, 6.45) is 4.78. The van der Waals surface area contributed by atoms with Crippen molar-refractivity contribution in [1.29, 1.82) is 5.41 Å².